The summed E-state index contributed by atoms with van der Waals surface area (Å²) in [6, 6.07) is 6.88. The van der Waals surface area contributed by atoms with Gasteiger partial charge in [-0.25, -0.2) is 0 Å². The van der Waals surface area contributed by atoms with Crippen molar-refractivity contribution in [2.45, 2.75) is 20.3 Å². The maximum absolute atomic E-state index is 10.5. The first kappa shape index (κ1) is 12.3. The van der Waals surface area contributed by atoms with Crippen LogP contribution >= 0.6 is 0 Å². The highest BCUT2D eigenvalue weighted by atomic mass is 16.5. The Labute approximate surface area is 95.7 Å². The van der Waals surface area contributed by atoms with E-state index < -0.39 is 0 Å². The first-order valence-electron chi connectivity index (χ1n) is 5.29. The van der Waals surface area contributed by atoms with Gasteiger partial charge in [-0.05, 0) is 30.5 Å². The van der Waals surface area contributed by atoms with Gasteiger partial charge in [0.05, 0.1) is 12.2 Å². The molecule has 16 heavy (non-hydrogen) atoms. The van der Waals surface area contributed by atoms with E-state index in [1.165, 1.54) is 6.07 Å². The second kappa shape index (κ2) is 5.92. The summed E-state index contributed by atoms with van der Waals surface area (Å²) in [7, 11) is 0. The fourth-order valence-corrected chi connectivity index (χ4v) is 1.24. The molecule has 0 saturated heterocycles. The highest BCUT2D eigenvalue weighted by molar-refractivity contribution is 5.76. The normalized spacial score (nSPS) is 9.88. The molecule has 0 heterocycles. The van der Waals surface area contributed by atoms with Crippen molar-refractivity contribution in [3.05, 3.63) is 29.3 Å². The zero-order valence-electron chi connectivity index (χ0n) is 9.56. The molecule has 0 amide bonds. The van der Waals surface area contributed by atoms with Crippen LogP contribution < -0.4 is 4.74 Å². The van der Waals surface area contributed by atoms with E-state index in [0.717, 1.165) is 12.7 Å². The van der Waals surface area contributed by atoms with E-state index in [1.54, 1.807) is 12.1 Å². The van der Waals surface area contributed by atoms with Crippen molar-refractivity contribution in [3.8, 4) is 11.8 Å². The maximum Gasteiger partial charge on any atom is 0.150 e. The molecule has 0 bridgehead atoms. The minimum atomic E-state index is 0.411. The lowest BCUT2D eigenvalue weighted by Crippen LogP contribution is -2.02. The Bertz CT molecular complexity index is 405. The van der Waals surface area contributed by atoms with Gasteiger partial charge in [0.1, 0.15) is 18.1 Å². The molecule has 1 aromatic carbocycles. The summed E-state index contributed by atoms with van der Waals surface area (Å²) in [6.07, 6.45) is 1.67. The SMILES string of the molecule is CC(C)CCOc1ccc(C=O)cc1C#N. The Balaban J connectivity index is 2.73. The second-order valence-corrected chi connectivity index (χ2v) is 4.02. The van der Waals surface area contributed by atoms with Gasteiger partial charge >= 0.3 is 0 Å². The van der Waals surface area contributed by atoms with Crippen molar-refractivity contribution < 1.29 is 9.53 Å². The van der Waals surface area contributed by atoms with E-state index in [0.29, 0.717) is 29.4 Å². The summed E-state index contributed by atoms with van der Waals surface area (Å²) in [6.45, 7) is 4.82. The minimum absolute atomic E-state index is 0.411. The largest absolute Gasteiger partial charge is 0.492 e. The number of aldehydes is 1. The van der Waals surface area contributed by atoms with Gasteiger partial charge in [-0.2, -0.15) is 5.26 Å². The van der Waals surface area contributed by atoms with Crippen LogP contribution in [0, 0.1) is 17.2 Å². The Hall–Kier alpha value is -1.82. The average Bonchev–Trinajstić information content (AvgIpc) is 2.29. The lowest BCUT2D eigenvalue weighted by molar-refractivity contribution is 0.112. The molecule has 0 aliphatic carbocycles. The molecule has 3 heteroatoms. The van der Waals surface area contributed by atoms with Crippen molar-refractivity contribution in [3.63, 3.8) is 0 Å². The predicted octanol–water partition coefficient (Wildman–Crippen LogP) is 2.80. The summed E-state index contributed by atoms with van der Waals surface area (Å²) >= 11 is 0. The van der Waals surface area contributed by atoms with Crippen LogP contribution in [0.4, 0.5) is 0 Å². The smallest absolute Gasteiger partial charge is 0.150 e. The molecule has 0 atom stereocenters. The standard InChI is InChI=1S/C13H15NO2/c1-10(2)5-6-16-13-4-3-11(9-15)7-12(13)8-14/h3-4,7,9-10H,5-6H2,1-2H3. The lowest BCUT2D eigenvalue weighted by atomic mass is 10.1. The van der Waals surface area contributed by atoms with Crippen molar-refractivity contribution in [1.29, 1.82) is 5.26 Å². The van der Waals surface area contributed by atoms with Gasteiger partial charge in [0.2, 0.25) is 0 Å². The fourth-order valence-electron chi connectivity index (χ4n) is 1.24. The average molecular weight is 217 g/mol. The van der Waals surface area contributed by atoms with Crippen LogP contribution in [-0.2, 0) is 0 Å². The number of hydrogen-bond donors (Lipinski definition) is 0. The monoisotopic (exact) mass is 217 g/mol. The highest BCUT2D eigenvalue weighted by Crippen LogP contribution is 2.19. The van der Waals surface area contributed by atoms with Crippen LogP contribution in [0.15, 0.2) is 18.2 Å². The Morgan fingerprint density at radius 3 is 2.81 bits per heavy atom. The van der Waals surface area contributed by atoms with Gasteiger partial charge in [-0.3, -0.25) is 4.79 Å². The van der Waals surface area contributed by atoms with Gasteiger partial charge in [0.15, 0.2) is 0 Å². The molecule has 1 rings (SSSR count). The molecule has 0 radical (unpaired) electrons. The van der Waals surface area contributed by atoms with Crippen LogP contribution in [0.25, 0.3) is 0 Å². The molecule has 0 fully saturated rings. The summed E-state index contributed by atoms with van der Waals surface area (Å²) < 4.78 is 5.50. The number of ether oxygens (including phenoxy) is 1. The molecule has 0 aliphatic rings. The number of hydrogen-bond acceptors (Lipinski definition) is 3. The third-order valence-electron chi connectivity index (χ3n) is 2.21. The molecule has 1 aromatic rings. The van der Waals surface area contributed by atoms with Crippen molar-refractivity contribution in [2.24, 2.45) is 5.92 Å². The van der Waals surface area contributed by atoms with Crippen LogP contribution in [0.2, 0.25) is 0 Å². The number of nitriles is 1. The van der Waals surface area contributed by atoms with Crippen molar-refractivity contribution in [1.82, 2.24) is 0 Å². The molecule has 0 saturated carbocycles. The van der Waals surface area contributed by atoms with Crippen LogP contribution in [0.1, 0.15) is 36.2 Å². The highest BCUT2D eigenvalue weighted by Gasteiger charge is 2.04. The number of carbonyl (C=O) groups excluding carboxylic acids is 1. The number of benzene rings is 1. The summed E-state index contributed by atoms with van der Waals surface area (Å²) in [5, 5.41) is 8.90. The second-order valence-electron chi connectivity index (χ2n) is 4.02. The maximum atomic E-state index is 10.5. The van der Waals surface area contributed by atoms with E-state index in [1.807, 2.05) is 6.07 Å². The Morgan fingerprint density at radius 2 is 2.25 bits per heavy atom. The van der Waals surface area contributed by atoms with E-state index in [9.17, 15) is 4.79 Å². The van der Waals surface area contributed by atoms with E-state index >= 15 is 0 Å². The zero-order chi connectivity index (χ0) is 12.0. The van der Waals surface area contributed by atoms with E-state index in [2.05, 4.69) is 13.8 Å². The van der Waals surface area contributed by atoms with Gasteiger partial charge in [-0.15, -0.1) is 0 Å². The molecule has 3 nitrogen and oxygen atoms in total. The summed E-state index contributed by atoms with van der Waals surface area (Å²) in [4.78, 5) is 10.5. The summed E-state index contributed by atoms with van der Waals surface area (Å²) in [5.74, 6) is 1.12. The molecular weight excluding hydrogens is 202 g/mol. The fraction of sp³-hybridized carbons (Fsp3) is 0.385. The molecule has 0 aromatic heterocycles. The Kier molecular flexibility index (Phi) is 4.53. The minimum Gasteiger partial charge on any atom is -0.492 e. The number of nitrogens with zero attached hydrogens (tertiary/aromatic N) is 1. The molecule has 0 unspecified atom stereocenters. The first-order valence-corrected chi connectivity index (χ1v) is 5.29. The summed E-state index contributed by atoms with van der Waals surface area (Å²) in [5.41, 5.74) is 0.904. The topological polar surface area (TPSA) is 50.1 Å². The molecule has 0 spiro atoms. The van der Waals surface area contributed by atoms with Crippen LogP contribution in [0.5, 0.6) is 5.75 Å². The van der Waals surface area contributed by atoms with Gasteiger partial charge < -0.3 is 4.74 Å². The Morgan fingerprint density at radius 1 is 1.50 bits per heavy atom. The molecule has 84 valence electrons. The number of carbonyl (C=O) groups is 1. The first-order chi connectivity index (χ1) is 7.67. The van der Waals surface area contributed by atoms with E-state index in [4.69, 9.17) is 10.00 Å². The molecule has 0 aliphatic heterocycles. The number of rotatable bonds is 5. The third kappa shape index (κ3) is 3.39. The van der Waals surface area contributed by atoms with E-state index in [-0.39, 0.29) is 0 Å². The van der Waals surface area contributed by atoms with Crippen molar-refractivity contribution in [2.75, 3.05) is 6.61 Å². The van der Waals surface area contributed by atoms with Gasteiger partial charge in [0, 0.05) is 5.56 Å². The van der Waals surface area contributed by atoms with Gasteiger partial charge in [0.25, 0.3) is 0 Å². The predicted molar refractivity (Wildman–Crippen MR) is 61.5 cm³/mol. The third-order valence-corrected chi connectivity index (χ3v) is 2.21. The zero-order valence-corrected chi connectivity index (χ0v) is 9.56. The quantitative estimate of drug-likeness (QED) is 0.712. The lowest BCUT2D eigenvalue weighted by Gasteiger charge is -2.09. The van der Waals surface area contributed by atoms with Crippen LogP contribution in [-0.4, -0.2) is 12.9 Å². The molecular formula is C13H15NO2. The van der Waals surface area contributed by atoms with Crippen molar-refractivity contribution >= 4 is 6.29 Å². The van der Waals surface area contributed by atoms with Gasteiger partial charge in [-0.1, -0.05) is 13.8 Å². The van der Waals surface area contributed by atoms with Crippen LogP contribution in [0.3, 0.4) is 0 Å². The molecule has 0 N–H and O–H groups in total.